The zero-order valence-electron chi connectivity index (χ0n) is 24.4. The molecule has 6 heteroatoms. The predicted molar refractivity (Wildman–Crippen MR) is 164 cm³/mol. The first kappa shape index (κ1) is 29.3. The molecule has 1 fully saturated rings. The maximum Gasteiger partial charge on any atom is 0.260 e. The van der Waals surface area contributed by atoms with Gasteiger partial charge in [0.15, 0.2) is 0 Å². The standard InChI is InChI=1S/C34H44N2O4/c1-23(2)11-8-12-24(3)13-9-14-25(4)19-20-35-29-21-27(37)22-31(39)33(29)36(26-15-6-5-7-16-26)32-28(34(35)40)17-10-18-30(32)38/h10-11,13,17-19,21-22,26,37-39H,5-9,12,14-16,20H2,1-4H3. The Hall–Kier alpha value is -3.67. The largest absolute Gasteiger partial charge is 0.508 e. The zero-order chi connectivity index (χ0) is 28.8. The second-order valence-corrected chi connectivity index (χ2v) is 11.5. The fraction of sp³-hybridized carbons (Fsp3) is 0.441. The van der Waals surface area contributed by atoms with Gasteiger partial charge in [0.25, 0.3) is 5.91 Å². The Kier molecular flexibility index (Phi) is 9.62. The fourth-order valence-electron chi connectivity index (χ4n) is 5.84. The molecule has 0 spiro atoms. The third kappa shape index (κ3) is 6.72. The Morgan fingerprint density at radius 1 is 0.850 bits per heavy atom. The van der Waals surface area contributed by atoms with E-state index in [2.05, 4.69) is 39.8 Å². The Labute approximate surface area is 239 Å². The van der Waals surface area contributed by atoms with Gasteiger partial charge < -0.3 is 25.1 Å². The molecular formula is C34H44N2O4. The second kappa shape index (κ2) is 13.1. The molecule has 2 aromatic rings. The van der Waals surface area contributed by atoms with Gasteiger partial charge in [-0.2, -0.15) is 0 Å². The number of amides is 1. The molecule has 40 heavy (non-hydrogen) atoms. The van der Waals surface area contributed by atoms with Gasteiger partial charge in [-0.25, -0.2) is 0 Å². The van der Waals surface area contributed by atoms with Crippen molar-refractivity contribution in [2.45, 2.75) is 91.5 Å². The summed E-state index contributed by atoms with van der Waals surface area (Å²) in [6, 6.07) is 7.90. The average molecular weight is 545 g/mol. The highest BCUT2D eigenvalue weighted by molar-refractivity contribution is 6.15. The van der Waals surface area contributed by atoms with Crippen LogP contribution in [0, 0.1) is 0 Å². The molecule has 4 rings (SSSR count). The molecule has 1 aliphatic carbocycles. The summed E-state index contributed by atoms with van der Waals surface area (Å²) in [5.41, 5.74) is 5.61. The van der Waals surface area contributed by atoms with Crippen LogP contribution in [0.4, 0.5) is 17.1 Å². The van der Waals surface area contributed by atoms with E-state index in [1.165, 1.54) is 17.2 Å². The van der Waals surface area contributed by atoms with E-state index in [1.807, 2.05) is 11.0 Å². The van der Waals surface area contributed by atoms with E-state index in [1.54, 1.807) is 29.2 Å². The van der Waals surface area contributed by atoms with Gasteiger partial charge in [-0.05, 0) is 78.4 Å². The van der Waals surface area contributed by atoms with Gasteiger partial charge in [0.1, 0.15) is 22.9 Å². The van der Waals surface area contributed by atoms with Crippen LogP contribution in [0.2, 0.25) is 0 Å². The summed E-state index contributed by atoms with van der Waals surface area (Å²) in [7, 11) is 0. The molecule has 0 saturated heterocycles. The summed E-state index contributed by atoms with van der Waals surface area (Å²) in [5.74, 6) is -0.476. The number of carbonyl (C=O) groups excluding carboxylic acids is 1. The van der Waals surface area contributed by atoms with Crippen molar-refractivity contribution in [1.29, 1.82) is 0 Å². The number of benzene rings is 2. The van der Waals surface area contributed by atoms with Crippen LogP contribution in [0.5, 0.6) is 17.2 Å². The number of phenols is 3. The highest BCUT2D eigenvalue weighted by Crippen LogP contribution is 2.52. The van der Waals surface area contributed by atoms with E-state index in [-0.39, 0.29) is 35.7 Å². The topological polar surface area (TPSA) is 84.2 Å². The molecule has 2 aliphatic rings. The molecular weight excluding hydrogens is 500 g/mol. The van der Waals surface area contributed by atoms with Crippen molar-refractivity contribution in [3.05, 3.63) is 70.8 Å². The summed E-state index contributed by atoms with van der Waals surface area (Å²) in [6.45, 7) is 8.78. The van der Waals surface area contributed by atoms with Crippen LogP contribution >= 0.6 is 0 Å². The summed E-state index contributed by atoms with van der Waals surface area (Å²) in [6.07, 6.45) is 15.5. The molecule has 0 bridgehead atoms. The lowest BCUT2D eigenvalue weighted by molar-refractivity contribution is 0.0990. The number of aromatic hydroxyl groups is 3. The molecule has 1 amide bonds. The van der Waals surface area contributed by atoms with Gasteiger partial charge in [-0.3, -0.25) is 4.79 Å². The molecule has 214 valence electrons. The van der Waals surface area contributed by atoms with Crippen LogP contribution in [0.25, 0.3) is 0 Å². The number of nitrogens with zero attached hydrogens (tertiary/aromatic N) is 2. The van der Waals surface area contributed by atoms with Crippen molar-refractivity contribution >= 4 is 23.0 Å². The number of anilines is 3. The lowest BCUT2D eigenvalue weighted by Gasteiger charge is -2.37. The molecule has 1 aliphatic heterocycles. The van der Waals surface area contributed by atoms with Crippen LogP contribution < -0.4 is 9.80 Å². The van der Waals surface area contributed by atoms with Crippen LogP contribution in [0.3, 0.4) is 0 Å². The molecule has 1 saturated carbocycles. The molecule has 3 N–H and O–H groups in total. The third-order valence-corrected chi connectivity index (χ3v) is 8.00. The highest BCUT2D eigenvalue weighted by atomic mass is 16.3. The van der Waals surface area contributed by atoms with Gasteiger partial charge in [-0.1, -0.05) is 60.3 Å². The molecule has 0 radical (unpaired) electrons. The quantitative estimate of drug-likeness (QED) is 0.275. The monoisotopic (exact) mass is 544 g/mol. The van der Waals surface area contributed by atoms with Gasteiger partial charge in [0, 0.05) is 24.7 Å². The maximum absolute atomic E-state index is 14.0. The van der Waals surface area contributed by atoms with Crippen LogP contribution in [-0.2, 0) is 0 Å². The summed E-state index contributed by atoms with van der Waals surface area (Å²) >= 11 is 0. The van der Waals surface area contributed by atoms with Crippen LogP contribution in [0.1, 0.15) is 95.8 Å². The third-order valence-electron chi connectivity index (χ3n) is 8.00. The lowest BCUT2D eigenvalue weighted by Crippen LogP contribution is -2.33. The summed E-state index contributed by atoms with van der Waals surface area (Å²) < 4.78 is 0. The molecule has 0 aromatic heterocycles. The first-order valence-electron chi connectivity index (χ1n) is 14.6. The average Bonchev–Trinajstić information content (AvgIpc) is 3.01. The zero-order valence-corrected chi connectivity index (χ0v) is 24.4. The normalized spacial score (nSPS) is 16.4. The van der Waals surface area contributed by atoms with E-state index < -0.39 is 0 Å². The number of phenolic OH excluding ortho intramolecular Hbond substituents is 3. The van der Waals surface area contributed by atoms with E-state index >= 15 is 0 Å². The molecule has 0 atom stereocenters. The van der Waals surface area contributed by atoms with E-state index in [4.69, 9.17) is 0 Å². The van der Waals surface area contributed by atoms with Crippen molar-refractivity contribution < 1.29 is 20.1 Å². The summed E-state index contributed by atoms with van der Waals surface area (Å²) in [4.78, 5) is 17.6. The Morgan fingerprint density at radius 3 is 2.23 bits per heavy atom. The van der Waals surface area contributed by atoms with Crippen LogP contribution in [0.15, 0.2) is 65.3 Å². The molecule has 0 unspecified atom stereocenters. The van der Waals surface area contributed by atoms with Crippen molar-refractivity contribution in [2.75, 3.05) is 16.3 Å². The second-order valence-electron chi connectivity index (χ2n) is 11.5. The molecule has 6 nitrogen and oxygen atoms in total. The summed E-state index contributed by atoms with van der Waals surface area (Å²) in [5, 5.41) is 32.7. The van der Waals surface area contributed by atoms with Crippen molar-refractivity contribution in [3.63, 3.8) is 0 Å². The number of allylic oxidation sites excluding steroid dienone is 5. The van der Waals surface area contributed by atoms with Gasteiger partial charge >= 0.3 is 0 Å². The van der Waals surface area contributed by atoms with E-state index in [0.717, 1.165) is 63.4 Å². The van der Waals surface area contributed by atoms with Crippen molar-refractivity contribution in [2.24, 2.45) is 0 Å². The predicted octanol–water partition coefficient (Wildman–Crippen LogP) is 8.65. The first-order chi connectivity index (χ1) is 19.2. The van der Waals surface area contributed by atoms with Gasteiger partial charge in [0.2, 0.25) is 0 Å². The number of carbonyl (C=O) groups is 1. The first-order valence-corrected chi connectivity index (χ1v) is 14.6. The number of rotatable bonds is 9. The minimum absolute atomic E-state index is 0.00941. The Bertz CT molecular complexity index is 1310. The van der Waals surface area contributed by atoms with Gasteiger partial charge in [-0.15, -0.1) is 0 Å². The number of hydrogen-bond donors (Lipinski definition) is 3. The molecule has 1 heterocycles. The van der Waals surface area contributed by atoms with E-state index in [9.17, 15) is 20.1 Å². The van der Waals surface area contributed by atoms with Crippen molar-refractivity contribution in [1.82, 2.24) is 0 Å². The van der Waals surface area contributed by atoms with E-state index in [0.29, 0.717) is 22.6 Å². The minimum Gasteiger partial charge on any atom is -0.508 e. The fourth-order valence-corrected chi connectivity index (χ4v) is 5.84. The number of hydrogen-bond acceptors (Lipinski definition) is 5. The lowest BCUT2D eigenvalue weighted by atomic mass is 9.92. The number of fused-ring (bicyclic) bond motifs is 2. The number of para-hydroxylation sites is 1. The molecule has 2 aromatic carbocycles. The maximum atomic E-state index is 14.0. The Balaban J connectivity index is 1.66. The Morgan fingerprint density at radius 2 is 1.52 bits per heavy atom. The minimum atomic E-state index is -0.269. The SMILES string of the molecule is CC(C)=CCCC(C)=CCCC(C)=CCN1C(=O)c2cccc(O)c2N(C2CCCCC2)c2c(O)cc(O)cc21. The smallest absolute Gasteiger partial charge is 0.260 e. The van der Waals surface area contributed by atoms with Crippen molar-refractivity contribution in [3.8, 4) is 17.2 Å². The van der Waals surface area contributed by atoms with Crippen LogP contribution in [-0.4, -0.2) is 33.8 Å². The highest BCUT2D eigenvalue weighted by Gasteiger charge is 2.38. The van der Waals surface area contributed by atoms with Gasteiger partial charge in [0.05, 0.1) is 16.9 Å².